The van der Waals surface area contributed by atoms with E-state index in [1.165, 1.54) is 0 Å². The first kappa shape index (κ1) is 23.6. The van der Waals surface area contributed by atoms with Crippen molar-refractivity contribution in [3.8, 4) is 0 Å². The van der Waals surface area contributed by atoms with E-state index in [-0.39, 0.29) is 24.0 Å². The van der Waals surface area contributed by atoms with Crippen LogP contribution in [0.5, 0.6) is 0 Å². The van der Waals surface area contributed by atoms with Gasteiger partial charge in [-0.25, -0.2) is 17.6 Å². The van der Waals surface area contributed by atoms with Crippen molar-refractivity contribution in [2.45, 2.75) is 6.42 Å². The van der Waals surface area contributed by atoms with Gasteiger partial charge in [0.1, 0.15) is 11.3 Å². The van der Waals surface area contributed by atoms with Crippen molar-refractivity contribution in [2.24, 2.45) is 5.11 Å². The van der Waals surface area contributed by atoms with Crippen LogP contribution in [-0.4, -0.2) is 62.8 Å². The second-order valence-corrected chi connectivity index (χ2v) is 8.02. The first-order valence-corrected chi connectivity index (χ1v) is 9.38. The van der Waals surface area contributed by atoms with Crippen LogP contribution in [0.1, 0.15) is 16.8 Å². The molecule has 0 atom stereocenters. The molecule has 1 aromatic carbocycles. The summed E-state index contributed by atoms with van der Waals surface area (Å²) in [5.41, 5.74) is 5.16. The molecule has 0 unspecified atom stereocenters. The van der Waals surface area contributed by atoms with Crippen molar-refractivity contribution < 1.29 is 39.8 Å². The molecule has 9 nitrogen and oxygen atoms in total. The Balaban J connectivity index is 2.83. The van der Waals surface area contributed by atoms with Crippen LogP contribution in [0.15, 0.2) is 5.11 Å². The van der Waals surface area contributed by atoms with Crippen LogP contribution in [0.25, 0.3) is 10.4 Å². The Labute approximate surface area is 157 Å². The second kappa shape index (κ2) is 9.19. The summed E-state index contributed by atoms with van der Waals surface area (Å²) in [7, 11) is -0.762. The van der Waals surface area contributed by atoms with E-state index in [4.69, 9.17) is 10.1 Å². The van der Waals surface area contributed by atoms with Crippen LogP contribution >= 0.6 is 0 Å². The monoisotopic (exact) mass is 428 g/mol. The lowest BCUT2D eigenvalue weighted by Crippen LogP contribution is -2.46. The Morgan fingerprint density at radius 3 is 2.14 bits per heavy atom. The van der Waals surface area contributed by atoms with Gasteiger partial charge in [-0.1, -0.05) is 5.11 Å². The average Bonchev–Trinajstić information content (AvgIpc) is 2.55. The number of quaternary nitrogens is 1. The zero-order valence-electron chi connectivity index (χ0n) is 14.9. The summed E-state index contributed by atoms with van der Waals surface area (Å²) in [6.45, 7) is 0.322. The first-order valence-electron chi connectivity index (χ1n) is 7.77. The van der Waals surface area contributed by atoms with E-state index in [0.717, 1.165) is 0 Å². The molecule has 28 heavy (non-hydrogen) atoms. The third-order valence-electron chi connectivity index (χ3n) is 3.78. The molecule has 14 heteroatoms. The molecule has 2 N–H and O–H groups in total. The molecule has 0 fully saturated rings. The fourth-order valence-corrected chi connectivity index (χ4v) is 2.79. The maximum absolute atomic E-state index is 13.9. The minimum Gasteiger partial charge on any atom is -0.346 e. The van der Waals surface area contributed by atoms with Crippen molar-refractivity contribution in [2.75, 3.05) is 39.5 Å². The molecule has 0 heterocycles. The largest absolute Gasteiger partial charge is 0.346 e. The van der Waals surface area contributed by atoms with Gasteiger partial charge in [-0.2, -0.15) is 8.42 Å². The lowest BCUT2D eigenvalue weighted by atomic mass is 10.1. The van der Waals surface area contributed by atoms with Gasteiger partial charge in [0.15, 0.2) is 23.3 Å². The van der Waals surface area contributed by atoms with Gasteiger partial charge in [0.2, 0.25) is 0 Å². The molecular formula is C14H18F4N5O4S+. The molecule has 1 amide bonds. The Hall–Kier alpha value is -2.41. The normalized spacial score (nSPS) is 11.8. The van der Waals surface area contributed by atoms with E-state index in [0.29, 0.717) is 6.54 Å². The maximum atomic E-state index is 13.9. The van der Waals surface area contributed by atoms with Crippen LogP contribution in [0.2, 0.25) is 0 Å². The number of hydrogen-bond donors (Lipinski definition) is 2. The van der Waals surface area contributed by atoms with E-state index in [1.54, 1.807) is 14.1 Å². The number of nitrogens with zero attached hydrogens (tertiary/aromatic N) is 4. The van der Waals surface area contributed by atoms with Gasteiger partial charge in [-0.3, -0.25) is 9.35 Å². The molecule has 0 spiro atoms. The number of hydrogen-bond acceptors (Lipinski definition) is 4. The lowest BCUT2D eigenvalue weighted by molar-refractivity contribution is -0.889. The molecule has 0 aromatic heterocycles. The van der Waals surface area contributed by atoms with Crippen molar-refractivity contribution in [1.29, 1.82) is 0 Å². The molecule has 1 aromatic rings. The Morgan fingerprint density at radius 1 is 1.14 bits per heavy atom. The number of carbonyl (C=O) groups excluding carboxylic acids is 1. The van der Waals surface area contributed by atoms with Crippen LogP contribution in [0.4, 0.5) is 23.2 Å². The summed E-state index contributed by atoms with van der Waals surface area (Å²) in [5, 5.41) is 4.63. The molecule has 0 saturated heterocycles. The average molecular weight is 428 g/mol. The van der Waals surface area contributed by atoms with Crippen molar-refractivity contribution in [3.05, 3.63) is 39.3 Å². The van der Waals surface area contributed by atoms with E-state index in [9.17, 15) is 30.8 Å². The molecule has 0 saturated carbocycles. The summed E-state index contributed by atoms with van der Waals surface area (Å²) in [4.78, 5) is 14.0. The predicted octanol–water partition coefficient (Wildman–Crippen LogP) is 2.27. The van der Waals surface area contributed by atoms with Crippen LogP contribution in [0.3, 0.4) is 0 Å². The van der Waals surface area contributed by atoms with Gasteiger partial charge < -0.3 is 9.80 Å². The molecule has 0 aliphatic heterocycles. The Kier molecular flexibility index (Phi) is 7.75. The molecule has 0 aliphatic rings. The highest BCUT2D eigenvalue weighted by Crippen LogP contribution is 2.30. The molecular weight excluding hydrogens is 410 g/mol. The lowest BCUT2D eigenvalue weighted by Gasteiger charge is -2.29. The zero-order valence-corrected chi connectivity index (χ0v) is 15.7. The fourth-order valence-electron chi connectivity index (χ4n) is 2.30. The molecule has 156 valence electrons. The first-order chi connectivity index (χ1) is 12.8. The van der Waals surface area contributed by atoms with Crippen molar-refractivity contribution in [1.82, 2.24) is 5.32 Å². The number of nitrogens with one attached hydrogen (secondary N) is 1. The van der Waals surface area contributed by atoms with Crippen LogP contribution in [0, 0.1) is 23.3 Å². The zero-order chi connectivity index (χ0) is 21.7. The molecule has 0 bridgehead atoms. The number of likely N-dealkylation sites (N-methyl/N-ethyl adjacent to an activating group) is 1. The number of rotatable bonds is 9. The smallest absolute Gasteiger partial charge is 0.265 e. The summed E-state index contributed by atoms with van der Waals surface area (Å²) in [6.07, 6.45) is 0.125. The van der Waals surface area contributed by atoms with Gasteiger partial charge >= 0.3 is 0 Å². The van der Waals surface area contributed by atoms with Crippen LogP contribution < -0.4 is 5.32 Å². The summed E-state index contributed by atoms with van der Waals surface area (Å²) in [5.74, 6) is -9.86. The number of azide groups is 1. The van der Waals surface area contributed by atoms with Gasteiger partial charge in [0, 0.05) is 11.3 Å². The molecule has 1 rings (SSSR count). The minimum absolute atomic E-state index is 0.125. The summed E-state index contributed by atoms with van der Waals surface area (Å²) in [6, 6.07) is 0. The topological polar surface area (TPSA) is 132 Å². The highest BCUT2D eigenvalue weighted by Gasteiger charge is 2.29. The van der Waals surface area contributed by atoms with Gasteiger partial charge in [0.25, 0.3) is 16.0 Å². The second-order valence-electron chi connectivity index (χ2n) is 6.45. The number of carbonyl (C=O) groups is 1. The van der Waals surface area contributed by atoms with E-state index < -0.39 is 56.3 Å². The third kappa shape index (κ3) is 6.34. The maximum Gasteiger partial charge on any atom is 0.265 e. The minimum atomic E-state index is -4.11. The summed E-state index contributed by atoms with van der Waals surface area (Å²) >= 11 is 0. The fraction of sp³-hybridized carbons (Fsp3) is 0.500. The predicted molar refractivity (Wildman–Crippen MR) is 90.3 cm³/mol. The number of benzene rings is 1. The Morgan fingerprint density at radius 2 is 1.68 bits per heavy atom. The summed E-state index contributed by atoms with van der Waals surface area (Å²) < 4.78 is 85.5. The SMILES string of the molecule is C[N+](C)(CCCS(=O)(=O)O)CCNC(=O)c1c(F)c(F)c(N=[N+]=[N-])c(F)c1F. The Bertz CT molecular complexity index is 888. The van der Waals surface area contributed by atoms with Crippen molar-refractivity contribution in [3.63, 3.8) is 0 Å². The van der Waals surface area contributed by atoms with E-state index >= 15 is 0 Å². The molecule has 0 aliphatic carbocycles. The van der Waals surface area contributed by atoms with Gasteiger partial charge in [-0.15, -0.1) is 0 Å². The standard InChI is InChI=1S/C14H17F4N5O4S/c1-23(2,5-3-7-28(25,26)27)6-4-20-14(24)8-9(15)11(17)13(21-22-19)12(18)10(8)16/h3-7H2,1-2H3,(H-,20,24,25,26,27)/p+1. The molecule has 0 radical (unpaired) electrons. The van der Waals surface area contributed by atoms with Crippen LogP contribution in [-0.2, 0) is 10.1 Å². The highest BCUT2D eigenvalue weighted by atomic mass is 32.2. The van der Waals surface area contributed by atoms with E-state index in [2.05, 4.69) is 15.3 Å². The number of amides is 1. The van der Waals surface area contributed by atoms with Gasteiger partial charge in [0.05, 0.1) is 39.5 Å². The third-order valence-corrected chi connectivity index (χ3v) is 4.58. The highest BCUT2D eigenvalue weighted by molar-refractivity contribution is 7.85. The van der Waals surface area contributed by atoms with Gasteiger partial charge in [-0.05, 0) is 5.53 Å². The quantitative estimate of drug-likeness (QED) is 0.119. The van der Waals surface area contributed by atoms with Crippen molar-refractivity contribution >= 4 is 21.7 Å². The number of halogens is 4. The van der Waals surface area contributed by atoms with E-state index in [1.807, 2.05) is 0 Å².